The Labute approximate surface area is 87.8 Å². The summed E-state index contributed by atoms with van der Waals surface area (Å²) in [5.74, 6) is -0.375. The van der Waals surface area contributed by atoms with Gasteiger partial charge in [0.1, 0.15) is 17.2 Å². The molecule has 0 fully saturated rings. The number of thiophene rings is 1. The van der Waals surface area contributed by atoms with Crippen molar-refractivity contribution >= 4 is 33.2 Å². The summed E-state index contributed by atoms with van der Waals surface area (Å²) >= 11 is 4.28. The Morgan fingerprint density at radius 1 is 1.77 bits per heavy atom. The standard InChI is InChI=1S/C8H7BrO3S/c1-5(9)3-12-6-2-7(8(10)11)13-4-6/h2,4H,1,3H2,(H,10,11). The Bertz CT molecular complexity index is 332. The van der Waals surface area contributed by atoms with Crippen LogP contribution >= 0.6 is 27.3 Å². The number of carboxylic acids is 1. The Morgan fingerprint density at radius 3 is 2.92 bits per heavy atom. The van der Waals surface area contributed by atoms with Crippen LogP contribution in [-0.4, -0.2) is 17.7 Å². The smallest absolute Gasteiger partial charge is 0.346 e. The molecule has 0 radical (unpaired) electrons. The first kappa shape index (κ1) is 10.3. The highest BCUT2D eigenvalue weighted by Gasteiger charge is 2.06. The maximum Gasteiger partial charge on any atom is 0.346 e. The fourth-order valence-corrected chi connectivity index (χ4v) is 1.45. The SMILES string of the molecule is C=C(Br)COc1csc(C(=O)O)c1. The quantitative estimate of drug-likeness (QED) is 0.908. The summed E-state index contributed by atoms with van der Waals surface area (Å²) in [5, 5.41) is 10.3. The molecule has 0 spiro atoms. The highest BCUT2D eigenvalue weighted by molar-refractivity contribution is 9.11. The van der Waals surface area contributed by atoms with Crippen LogP contribution in [0.5, 0.6) is 5.75 Å². The van der Waals surface area contributed by atoms with Crippen LogP contribution < -0.4 is 4.74 Å². The fraction of sp³-hybridized carbons (Fsp3) is 0.125. The first-order valence-corrected chi connectivity index (χ1v) is 5.05. The molecule has 3 nitrogen and oxygen atoms in total. The second-order valence-electron chi connectivity index (χ2n) is 2.26. The van der Waals surface area contributed by atoms with Crippen molar-refractivity contribution in [2.24, 2.45) is 0 Å². The van der Waals surface area contributed by atoms with E-state index >= 15 is 0 Å². The van der Waals surface area contributed by atoms with Crippen LogP contribution in [0.15, 0.2) is 22.5 Å². The van der Waals surface area contributed by atoms with E-state index in [2.05, 4.69) is 22.5 Å². The number of hydrogen-bond acceptors (Lipinski definition) is 3. The lowest BCUT2D eigenvalue weighted by Gasteiger charge is -1.99. The van der Waals surface area contributed by atoms with Crippen molar-refractivity contribution in [1.82, 2.24) is 0 Å². The van der Waals surface area contributed by atoms with Gasteiger partial charge in [-0.05, 0) is 0 Å². The van der Waals surface area contributed by atoms with Crippen molar-refractivity contribution in [1.29, 1.82) is 0 Å². The third kappa shape index (κ3) is 3.20. The maximum atomic E-state index is 10.5. The number of aromatic carboxylic acids is 1. The number of hydrogen-bond donors (Lipinski definition) is 1. The molecule has 0 aliphatic carbocycles. The van der Waals surface area contributed by atoms with Crippen molar-refractivity contribution in [3.8, 4) is 5.75 Å². The third-order valence-electron chi connectivity index (χ3n) is 1.18. The lowest BCUT2D eigenvalue weighted by Crippen LogP contribution is -1.95. The summed E-state index contributed by atoms with van der Waals surface area (Å²) in [5.41, 5.74) is 0. The zero-order chi connectivity index (χ0) is 9.84. The largest absolute Gasteiger partial charge is 0.487 e. The summed E-state index contributed by atoms with van der Waals surface area (Å²) in [6.45, 7) is 3.93. The predicted molar refractivity (Wildman–Crippen MR) is 54.8 cm³/mol. The van der Waals surface area contributed by atoms with Crippen LogP contribution in [-0.2, 0) is 0 Å². The molecule has 5 heteroatoms. The van der Waals surface area contributed by atoms with E-state index in [-0.39, 0.29) is 4.88 Å². The van der Waals surface area contributed by atoms with E-state index in [4.69, 9.17) is 9.84 Å². The van der Waals surface area contributed by atoms with Crippen molar-refractivity contribution in [3.63, 3.8) is 0 Å². The number of ether oxygens (including phenoxy) is 1. The fourth-order valence-electron chi connectivity index (χ4n) is 0.668. The molecule has 0 amide bonds. The van der Waals surface area contributed by atoms with Crippen LogP contribution in [0.2, 0.25) is 0 Å². The summed E-state index contributed by atoms with van der Waals surface area (Å²) in [4.78, 5) is 10.8. The number of halogens is 1. The molecule has 0 unspecified atom stereocenters. The van der Waals surface area contributed by atoms with E-state index in [0.29, 0.717) is 12.4 Å². The Morgan fingerprint density at radius 2 is 2.46 bits per heavy atom. The normalized spacial score (nSPS) is 9.62. The lowest BCUT2D eigenvalue weighted by atomic mass is 10.4. The zero-order valence-electron chi connectivity index (χ0n) is 6.62. The highest BCUT2D eigenvalue weighted by atomic mass is 79.9. The topological polar surface area (TPSA) is 46.5 Å². The average molecular weight is 263 g/mol. The molecule has 13 heavy (non-hydrogen) atoms. The minimum absolute atomic E-state index is 0.273. The van der Waals surface area contributed by atoms with Gasteiger partial charge in [0.25, 0.3) is 0 Å². The van der Waals surface area contributed by atoms with Gasteiger partial charge in [0, 0.05) is 15.9 Å². The molecule has 0 bridgehead atoms. The maximum absolute atomic E-state index is 10.5. The summed E-state index contributed by atoms with van der Waals surface area (Å²) in [7, 11) is 0. The van der Waals surface area contributed by atoms with Crippen molar-refractivity contribution in [2.45, 2.75) is 0 Å². The Kier molecular flexibility index (Phi) is 3.50. The molecule has 0 saturated heterocycles. The lowest BCUT2D eigenvalue weighted by molar-refractivity contribution is 0.0702. The van der Waals surface area contributed by atoms with E-state index in [0.717, 1.165) is 15.8 Å². The van der Waals surface area contributed by atoms with Crippen molar-refractivity contribution < 1.29 is 14.6 Å². The second-order valence-corrected chi connectivity index (χ2v) is 4.29. The molecule has 1 aromatic heterocycles. The van der Waals surface area contributed by atoms with Crippen LogP contribution in [0.25, 0.3) is 0 Å². The van der Waals surface area contributed by atoms with Crippen LogP contribution in [0.3, 0.4) is 0 Å². The molecule has 1 aromatic rings. The second kappa shape index (κ2) is 4.43. The van der Waals surface area contributed by atoms with Gasteiger partial charge in [0.2, 0.25) is 0 Å². The molecule has 0 aliphatic heterocycles. The van der Waals surface area contributed by atoms with E-state index in [1.165, 1.54) is 6.07 Å². The van der Waals surface area contributed by atoms with Crippen molar-refractivity contribution in [3.05, 3.63) is 27.4 Å². The van der Waals surface area contributed by atoms with Gasteiger partial charge in [0.15, 0.2) is 0 Å². The molecular weight excluding hydrogens is 256 g/mol. The Balaban J connectivity index is 2.59. The molecule has 0 atom stereocenters. The molecule has 1 heterocycles. The first-order valence-electron chi connectivity index (χ1n) is 3.37. The minimum Gasteiger partial charge on any atom is -0.487 e. The third-order valence-corrected chi connectivity index (χ3v) is 2.31. The molecule has 70 valence electrons. The molecular formula is C8H7BrO3S. The van der Waals surface area contributed by atoms with Gasteiger partial charge in [-0.1, -0.05) is 22.5 Å². The molecule has 1 N–H and O–H groups in total. The minimum atomic E-state index is -0.933. The monoisotopic (exact) mass is 262 g/mol. The van der Waals surface area contributed by atoms with Gasteiger partial charge in [-0.25, -0.2) is 4.79 Å². The summed E-state index contributed by atoms with van der Waals surface area (Å²) in [6.07, 6.45) is 0. The summed E-state index contributed by atoms with van der Waals surface area (Å²) in [6, 6.07) is 1.49. The first-order chi connectivity index (χ1) is 6.09. The van der Waals surface area contributed by atoms with Gasteiger partial charge in [-0.3, -0.25) is 0 Å². The van der Waals surface area contributed by atoms with Crippen LogP contribution in [0, 0.1) is 0 Å². The van der Waals surface area contributed by atoms with E-state index in [1.807, 2.05) is 0 Å². The molecule has 0 aromatic carbocycles. The van der Waals surface area contributed by atoms with Crippen LogP contribution in [0.1, 0.15) is 9.67 Å². The van der Waals surface area contributed by atoms with E-state index in [1.54, 1.807) is 5.38 Å². The molecule has 0 aliphatic rings. The van der Waals surface area contributed by atoms with Crippen molar-refractivity contribution in [2.75, 3.05) is 6.61 Å². The Hall–Kier alpha value is -0.810. The van der Waals surface area contributed by atoms with Gasteiger partial charge in [0.05, 0.1) is 0 Å². The number of carbonyl (C=O) groups is 1. The van der Waals surface area contributed by atoms with E-state index in [9.17, 15) is 4.79 Å². The van der Waals surface area contributed by atoms with Gasteiger partial charge in [-0.15, -0.1) is 11.3 Å². The summed E-state index contributed by atoms with van der Waals surface area (Å²) < 4.78 is 5.92. The van der Waals surface area contributed by atoms with Gasteiger partial charge < -0.3 is 9.84 Å². The zero-order valence-corrected chi connectivity index (χ0v) is 9.02. The predicted octanol–water partition coefficient (Wildman–Crippen LogP) is 2.73. The number of carboxylic acid groups (broad SMARTS) is 1. The van der Waals surface area contributed by atoms with Gasteiger partial charge >= 0.3 is 5.97 Å². The van der Waals surface area contributed by atoms with Crippen LogP contribution in [0.4, 0.5) is 0 Å². The average Bonchev–Trinajstić information content (AvgIpc) is 2.48. The number of rotatable bonds is 4. The van der Waals surface area contributed by atoms with E-state index < -0.39 is 5.97 Å². The molecule has 0 saturated carbocycles. The van der Waals surface area contributed by atoms with Gasteiger partial charge in [-0.2, -0.15) is 0 Å². The molecule has 1 rings (SSSR count). The highest BCUT2D eigenvalue weighted by Crippen LogP contribution is 2.22.